The largest absolute Gasteiger partial charge is 0.336 e. The molecule has 1 fully saturated rings. The van der Waals surface area contributed by atoms with Crippen molar-refractivity contribution in [3.63, 3.8) is 0 Å². The molecule has 0 aliphatic carbocycles. The predicted octanol–water partition coefficient (Wildman–Crippen LogP) is 1.14. The number of benzene rings is 1. The minimum atomic E-state index is -0.220. The lowest BCUT2D eigenvalue weighted by atomic mass is 10.1. The van der Waals surface area contributed by atoms with Gasteiger partial charge in [0, 0.05) is 57.2 Å². The number of rotatable bonds is 4. The van der Waals surface area contributed by atoms with Crippen molar-refractivity contribution in [2.45, 2.75) is 0 Å². The Morgan fingerprint density at radius 2 is 1.44 bits per heavy atom. The Kier molecular flexibility index (Phi) is 4.68. The molecule has 2 aromatic rings. The lowest BCUT2D eigenvalue weighted by molar-refractivity contribution is 0.0578. The zero-order chi connectivity index (χ0) is 18.8. The van der Waals surface area contributed by atoms with Crippen LogP contribution in [0.3, 0.4) is 0 Å². The maximum absolute atomic E-state index is 12.5. The Hall–Kier alpha value is -3.06. The molecule has 138 valence electrons. The van der Waals surface area contributed by atoms with Crippen molar-refractivity contribution in [1.82, 2.24) is 19.7 Å². The van der Waals surface area contributed by atoms with Gasteiger partial charge in [0.25, 0.3) is 17.7 Å². The molecule has 0 spiro atoms. The van der Waals surface area contributed by atoms with E-state index in [2.05, 4.69) is 9.88 Å². The smallest absolute Gasteiger partial charge is 0.261 e. The third kappa shape index (κ3) is 3.33. The van der Waals surface area contributed by atoms with Gasteiger partial charge < -0.3 is 4.90 Å². The maximum atomic E-state index is 12.5. The molecule has 0 radical (unpaired) electrons. The Morgan fingerprint density at radius 3 is 2.04 bits per heavy atom. The number of fused-ring (bicyclic) bond motifs is 1. The highest BCUT2D eigenvalue weighted by molar-refractivity contribution is 6.21. The summed E-state index contributed by atoms with van der Waals surface area (Å²) in [5, 5.41) is 0. The predicted molar refractivity (Wildman–Crippen MR) is 98.4 cm³/mol. The van der Waals surface area contributed by atoms with E-state index >= 15 is 0 Å². The zero-order valence-electron chi connectivity index (χ0n) is 14.9. The third-order valence-electron chi connectivity index (χ3n) is 5.10. The highest BCUT2D eigenvalue weighted by Crippen LogP contribution is 2.22. The number of nitrogens with zero attached hydrogens (tertiary/aromatic N) is 4. The number of hydrogen-bond acceptors (Lipinski definition) is 5. The van der Waals surface area contributed by atoms with Crippen LogP contribution in [0.2, 0.25) is 0 Å². The van der Waals surface area contributed by atoms with Crippen molar-refractivity contribution in [1.29, 1.82) is 0 Å². The summed E-state index contributed by atoms with van der Waals surface area (Å²) in [5.41, 5.74) is 1.61. The van der Waals surface area contributed by atoms with Crippen molar-refractivity contribution < 1.29 is 14.4 Å². The van der Waals surface area contributed by atoms with Gasteiger partial charge in [-0.1, -0.05) is 12.1 Å². The summed E-state index contributed by atoms with van der Waals surface area (Å²) in [5.74, 6) is -0.429. The van der Waals surface area contributed by atoms with Gasteiger partial charge in [0.15, 0.2) is 0 Å². The molecule has 1 saturated heterocycles. The van der Waals surface area contributed by atoms with Gasteiger partial charge in [0.2, 0.25) is 0 Å². The van der Waals surface area contributed by atoms with E-state index in [1.165, 1.54) is 4.90 Å². The summed E-state index contributed by atoms with van der Waals surface area (Å²) < 4.78 is 0. The Morgan fingerprint density at radius 1 is 0.852 bits per heavy atom. The van der Waals surface area contributed by atoms with Crippen LogP contribution in [0.4, 0.5) is 0 Å². The number of imide groups is 1. The lowest BCUT2D eigenvalue weighted by Crippen LogP contribution is -2.50. The molecule has 1 aromatic carbocycles. The van der Waals surface area contributed by atoms with Crippen molar-refractivity contribution in [3.05, 3.63) is 65.5 Å². The van der Waals surface area contributed by atoms with Gasteiger partial charge in [-0.15, -0.1) is 0 Å². The second kappa shape index (κ2) is 7.28. The minimum Gasteiger partial charge on any atom is -0.336 e. The van der Waals surface area contributed by atoms with Crippen LogP contribution in [0, 0.1) is 0 Å². The monoisotopic (exact) mass is 364 g/mol. The number of carbonyl (C=O) groups excluding carboxylic acids is 3. The summed E-state index contributed by atoms with van der Waals surface area (Å²) in [6.45, 7) is 3.68. The fourth-order valence-electron chi connectivity index (χ4n) is 3.54. The van der Waals surface area contributed by atoms with Crippen LogP contribution >= 0.6 is 0 Å². The lowest BCUT2D eigenvalue weighted by Gasteiger charge is -2.35. The second-order valence-electron chi connectivity index (χ2n) is 6.68. The van der Waals surface area contributed by atoms with E-state index in [4.69, 9.17) is 0 Å². The van der Waals surface area contributed by atoms with Gasteiger partial charge >= 0.3 is 0 Å². The SMILES string of the molecule is O=C(c1ccncc1)N1CCN(CCN2C(=O)c3ccccc3C2=O)CC1. The van der Waals surface area contributed by atoms with Crippen LogP contribution < -0.4 is 0 Å². The van der Waals surface area contributed by atoms with Crippen molar-refractivity contribution in [2.24, 2.45) is 0 Å². The molecule has 7 nitrogen and oxygen atoms in total. The van der Waals surface area contributed by atoms with Gasteiger partial charge in [0.1, 0.15) is 0 Å². The first-order valence-electron chi connectivity index (χ1n) is 9.02. The normalized spacial score (nSPS) is 17.3. The molecule has 1 aromatic heterocycles. The topological polar surface area (TPSA) is 73.8 Å². The Bertz CT molecular complexity index is 841. The molecule has 0 bridgehead atoms. The van der Waals surface area contributed by atoms with Crippen LogP contribution in [0.15, 0.2) is 48.8 Å². The van der Waals surface area contributed by atoms with E-state index in [9.17, 15) is 14.4 Å². The molecular weight excluding hydrogens is 344 g/mol. The number of piperazine rings is 1. The fourth-order valence-corrected chi connectivity index (χ4v) is 3.54. The first-order chi connectivity index (χ1) is 13.1. The standard InChI is InChI=1S/C20H20N4O3/c25-18(15-5-7-21-8-6-15)23-12-9-22(10-13-23)11-14-24-19(26)16-3-1-2-4-17(16)20(24)27/h1-8H,9-14H2. The van der Waals surface area contributed by atoms with Crippen molar-refractivity contribution >= 4 is 17.7 Å². The van der Waals surface area contributed by atoms with E-state index in [-0.39, 0.29) is 17.7 Å². The van der Waals surface area contributed by atoms with Crippen molar-refractivity contribution in [2.75, 3.05) is 39.3 Å². The molecule has 2 aliphatic rings. The second-order valence-corrected chi connectivity index (χ2v) is 6.68. The molecule has 0 atom stereocenters. The van der Waals surface area contributed by atoms with E-state index in [1.54, 1.807) is 48.8 Å². The molecule has 27 heavy (non-hydrogen) atoms. The van der Waals surface area contributed by atoms with Gasteiger partial charge in [-0.2, -0.15) is 0 Å². The average molecular weight is 364 g/mol. The van der Waals surface area contributed by atoms with E-state index < -0.39 is 0 Å². The van der Waals surface area contributed by atoms with Crippen LogP contribution in [0.1, 0.15) is 31.1 Å². The van der Waals surface area contributed by atoms with E-state index in [0.717, 1.165) is 13.1 Å². The highest BCUT2D eigenvalue weighted by Gasteiger charge is 2.35. The summed E-state index contributed by atoms with van der Waals surface area (Å²) in [6.07, 6.45) is 3.23. The number of amides is 3. The van der Waals surface area contributed by atoms with Crippen LogP contribution in [-0.4, -0.2) is 76.7 Å². The summed E-state index contributed by atoms with van der Waals surface area (Å²) in [4.78, 5) is 46.5. The molecule has 0 N–H and O–H groups in total. The molecule has 0 saturated carbocycles. The molecule has 3 amide bonds. The van der Waals surface area contributed by atoms with Gasteiger partial charge in [0.05, 0.1) is 11.1 Å². The molecular formula is C20H20N4O3. The van der Waals surface area contributed by atoms with E-state index in [0.29, 0.717) is 42.9 Å². The zero-order valence-corrected chi connectivity index (χ0v) is 14.9. The fraction of sp³-hybridized carbons (Fsp3) is 0.300. The van der Waals surface area contributed by atoms with Crippen LogP contribution in [-0.2, 0) is 0 Å². The number of pyridine rings is 1. The summed E-state index contributed by atoms with van der Waals surface area (Å²) in [6, 6.07) is 10.4. The first kappa shape index (κ1) is 17.4. The number of hydrogen-bond donors (Lipinski definition) is 0. The first-order valence-corrected chi connectivity index (χ1v) is 9.02. The molecule has 7 heteroatoms. The Labute approximate surface area is 157 Å². The molecule has 2 aliphatic heterocycles. The minimum absolute atomic E-state index is 0.0115. The van der Waals surface area contributed by atoms with Crippen molar-refractivity contribution in [3.8, 4) is 0 Å². The Balaban J connectivity index is 1.30. The van der Waals surface area contributed by atoms with Crippen LogP contribution in [0.25, 0.3) is 0 Å². The maximum Gasteiger partial charge on any atom is 0.261 e. The summed E-state index contributed by atoms with van der Waals surface area (Å²) in [7, 11) is 0. The molecule has 4 rings (SSSR count). The number of aromatic nitrogens is 1. The van der Waals surface area contributed by atoms with Gasteiger partial charge in [-0.25, -0.2) is 0 Å². The summed E-state index contributed by atoms with van der Waals surface area (Å²) >= 11 is 0. The molecule has 3 heterocycles. The van der Waals surface area contributed by atoms with Crippen LogP contribution in [0.5, 0.6) is 0 Å². The number of carbonyl (C=O) groups is 3. The quantitative estimate of drug-likeness (QED) is 0.761. The molecule has 0 unspecified atom stereocenters. The third-order valence-corrected chi connectivity index (χ3v) is 5.10. The van der Waals surface area contributed by atoms with Gasteiger partial charge in [-0.05, 0) is 24.3 Å². The highest BCUT2D eigenvalue weighted by atomic mass is 16.2. The van der Waals surface area contributed by atoms with E-state index in [1.807, 2.05) is 4.90 Å². The average Bonchev–Trinajstić information content (AvgIpc) is 2.97. The van der Waals surface area contributed by atoms with Gasteiger partial charge in [-0.3, -0.25) is 29.2 Å².